The van der Waals surface area contributed by atoms with E-state index in [1.807, 2.05) is 28.2 Å². The average Bonchev–Trinajstić information content (AvgIpc) is 3.67. The van der Waals surface area contributed by atoms with Crippen LogP contribution in [0.3, 0.4) is 0 Å². The molecule has 0 unspecified atom stereocenters. The van der Waals surface area contributed by atoms with E-state index in [9.17, 15) is 55.0 Å². The predicted molar refractivity (Wildman–Crippen MR) is 270 cm³/mol. The standard InChI is InChI=1S/C54H60F9N9O8/c1-51(2,53(58,59)60)45(68-50(77)78-6)47(74)67-42(19-31-10-7-30(8-11-31)9-12-32-13-16-44(66-23-32)70-24-35-14-15-36(25-70)72(35)37-28-79-29-37)43(73)27-71(69-48(75)46(80-49(76)64-5)52(3,4)54(61,62)63)26-38-39(56)20-33(21-40(38)57)41-22-34(55)17-18-65-41/h7-8,10-11,13,16-18,20-23,35-37,42-43,45-46,73H,14-15,19,24-29H2,1-6H3,(H,64,76)(H,67,74)(H,68,77)(H,69,75)/t35-,36-,42-,43-,45+,46+/m0/s1. The molecule has 3 aliphatic rings. The quantitative estimate of drug-likeness (QED) is 0.0408. The highest BCUT2D eigenvalue weighted by Gasteiger charge is 2.58. The van der Waals surface area contributed by atoms with E-state index in [0.717, 1.165) is 89.6 Å². The molecule has 3 aliphatic heterocycles. The number of alkyl carbamates (subject to hydrolysis) is 2. The second-order valence-corrected chi connectivity index (χ2v) is 20.8. The number of rotatable bonds is 18. The Morgan fingerprint density at radius 2 is 1.41 bits per heavy atom. The SMILES string of the molecule is CNC(=O)O[C@H](C(=O)NN(Cc1c(F)cc(-c2cc(F)ccn2)cc1F)C[C@H](O)[C@H](Cc1ccc(C#Cc2ccc(N3C[C@@H]4CC[C@@H](C3)N4C3COC3)nc2)cc1)NC(=O)[C@@H](NC(=O)OC)C(C)(C)C(F)(F)F)C(C)(C)C(F)(F)F. The van der Waals surface area contributed by atoms with Gasteiger partial charge in [-0.05, 0) is 95.0 Å². The van der Waals surface area contributed by atoms with Crippen LogP contribution in [0.2, 0.25) is 0 Å². The van der Waals surface area contributed by atoms with Crippen molar-refractivity contribution >= 4 is 29.8 Å². The van der Waals surface area contributed by atoms with Gasteiger partial charge in [0.15, 0.2) is 6.10 Å². The minimum absolute atomic E-state index is 0.208. The van der Waals surface area contributed by atoms with Crippen molar-refractivity contribution < 1.29 is 78.0 Å². The molecule has 2 aromatic heterocycles. The Morgan fingerprint density at radius 3 is 1.95 bits per heavy atom. The molecule has 432 valence electrons. The Kier molecular flexibility index (Phi) is 18.6. The average molecular weight is 1130 g/mol. The van der Waals surface area contributed by atoms with Crippen molar-refractivity contribution in [2.75, 3.05) is 51.9 Å². The van der Waals surface area contributed by atoms with Gasteiger partial charge in [0.1, 0.15) is 34.7 Å². The van der Waals surface area contributed by atoms with E-state index in [2.05, 4.69) is 41.7 Å². The van der Waals surface area contributed by atoms with E-state index < -0.39 is 114 Å². The van der Waals surface area contributed by atoms with Crippen molar-refractivity contribution in [2.24, 2.45) is 10.8 Å². The number of anilines is 1. The molecule has 0 aliphatic carbocycles. The molecule has 5 N–H and O–H groups in total. The van der Waals surface area contributed by atoms with E-state index in [-0.39, 0.29) is 16.8 Å². The number of aromatic nitrogens is 2. The number of aliphatic hydroxyl groups excluding tert-OH is 1. The second-order valence-electron chi connectivity index (χ2n) is 20.8. The number of hydrogen-bond acceptors (Lipinski definition) is 13. The molecule has 17 nitrogen and oxygen atoms in total. The molecule has 80 heavy (non-hydrogen) atoms. The number of halogens is 9. The molecule has 0 radical (unpaired) electrons. The molecular weight excluding hydrogens is 1070 g/mol. The molecule has 4 amide bonds. The number of pyridine rings is 2. The summed E-state index contributed by atoms with van der Waals surface area (Å²) < 4.78 is 148. The number of piperazine rings is 1. The zero-order valence-electron chi connectivity index (χ0n) is 44.3. The minimum Gasteiger partial charge on any atom is -0.453 e. The van der Waals surface area contributed by atoms with Gasteiger partial charge in [-0.2, -0.15) is 26.3 Å². The van der Waals surface area contributed by atoms with E-state index in [1.54, 1.807) is 18.3 Å². The maximum Gasteiger partial charge on any atom is 0.407 e. The normalized spacial score (nSPS) is 18.4. The van der Waals surface area contributed by atoms with Gasteiger partial charge in [-0.15, -0.1) is 0 Å². The Morgan fingerprint density at radius 1 is 0.800 bits per heavy atom. The molecule has 4 aromatic rings. The van der Waals surface area contributed by atoms with Gasteiger partial charge in [0.25, 0.3) is 5.91 Å². The summed E-state index contributed by atoms with van der Waals surface area (Å²) >= 11 is 0. The maximum absolute atomic E-state index is 16.0. The van der Waals surface area contributed by atoms with Gasteiger partial charge in [-0.3, -0.25) is 24.9 Å². The van der Waals surface area contributed by atoms with Crippen LogP contribution in [-0.4, -0.2) is 151 Å². The van der Waals surface area contributed by atoms with Crippen LogP contribution in [-0.2, 0) is 36.8 Å². The first-order valence-corrected chi connectivity index (χ1v) is 25.3. The van der Waals surface area contributed by atoms with Crippen LogP contribution in [0, 0.1) is 40.1 Å². The van der Waals surface area contributed by atoms with Crippen LogP contribution in [0.1, 0.15) is 62.8 Å². The third-order valence-corrected chi connectivity index (χ3v) is 14.6. The second kappa shape index (κ2) is 24.7. The highest BCUT2D eigenvalue weighted by Crippen LogP contribution is 2.43. The fourth-order valence-electron chi connectivity index (χ4n) is 9.56. The molecule has 26 heteroatoms. The molecule has 2 bridgehead atoms. The van der Waals surface area contributed by atoms with Gasteiger partial charge in [0.2, 0.25) is 5.91 Å². The smallest absolute Gasteiger partial charge is 0.407 e. The highest BCUT2D eigenvalue weighted by atomic mass is 19.4. The van der Waals surface area contributed by atoms with Crippen LogP contribution in [0.4, 0.5) is 54.9 Å². The summed E-state index contributed by atoms with van der Waals surface area (Å²) in [6.45, 7) is 3.24. The molecule has 3 fully saturated rings. The third kappa shape index (κ3) is 14.0. The number of benzene rings is 2. The number of nitrogens with zero attached hydrogens (tertiary/aromatic N) is 5. The number of aliphatic hydroxyl groups is 1. The molecule has 0 spiro atoms. The fourth-order valence-corrected chi connectivity index (χ4v) is 9.56. The largest absolute Gasteiger partial charge is 0.453 e. The molecule has 2 aromatic carbocycles. The zero-order valence-corrected chi connectivity index (χ0v) is 44.3. The predicted octanol–water partition coefficient (Wildman–Crippen LogP) is 6.56. The summed E-state index contributed by atoms with van der Waals surface area (Å²) in [4.78, 5) is 66.3. The molecular formula is C54H60F9N9O8. The number of hydrazine groups is 1. The van der Waals surface area contributed by atoms with Crippen molar-refractivity contribution in [3.63, 3.8) is 0 Å². The van der Waals surface area contributed by atoms with Crippen molar-refractivity contribution in [3.8, 4) is 23.1 Å². The van der Waals surface area contributed by atoms with E-state index >= 15 is 8.78 Å². The van der Waals surface area contributed by atoms with Gasteiger partial charge in [-0.1, -0.05) is 24.0 Å². The summed E-state index contributed by atoms with van der Waals surface area (Å²) in [5.41, 5.74) is -4.17. The van der Waals surface area contributed by atoms with Crippen molar-refractivity contribution in [2.45, 2.75) is 108 Å². The molecule has 7 rings (SSSR count). The number of ether oxygens (including phenoxy) is 3. The third-order valence-electron chi connectivity index (χ3n) is 14.6. The topological polar surface area (TPSA) is 200 Å². The lowest BCUT2D eigenvalue weighted by Gasteiger charge is -2.47. The molecule has 0 saturated carbocycles. The summed E-state index contributed by atoms with van der Waals surface area (Å²) in [6, 6.07) is 10.3. The van der Waals surface area contributed by atoms with Crippen LogP contribution in [0.15, 0.2) is 73.1 Å². The van der Waals surface area contributed by atoms with Crippen molar-refractivity contribution in [1.29, 1.82) is 0 Å². The first-order chi connectivity index (χ1) is 37.6. The minimum atomic E-state index is -5.24. The van der Waals surface area contributed by atoms with E-state index in [4.69, 9.17) is 9.47 Å². The zero-order chi connectivity index (χ0) is 58.5. The summed E-state index contributed by atoms with van der Waals surface area (Å²) in [6.07, 6.45) is -13.8. The lowest BCUT2D eigenvalue weighted by molar-refractivity contribution is -0.239. The van der Waals surface area contributed by atoms with Crippen LogP contribution in [0.25, 0.3) is 11.3 Å². The fraction of sp³-hybridized carbons (Fsp3) is 0.481. The Labute approximate surface area is 454 Å². The number of fused-ring (bicyclic) bond motifs is 2. The monoisotopic (exact) mass is 1130 g/mol. The van der Waals surface area contributed by atoms with Gasteiger partial charge in [-0.25, -0.2) is 32.8 Å². The number of methoxy groups -OCH3 is 1. The van der Waals surface area contributed by atoms with Gasteiger partial charge in [0, 0.05) is 86.0 Å². The van der Waals surface area contributed by atoms with E-state index in [1.165, 1.54) is 12.1 Å². The number of alkyl halides is 6. The molecule has 5 heterocycles. The van der Waals surface area contributed by atoms with Gasteiger partial charge >= 0.3 is 24.5 Å². The summed E-state index contributed by atoms with van der Waals surface area (Å²) in [5.74, 6) is 0.100. The Bertz CT molecular complexity index is 2900. The molecule has 3 saturated heterocycles. The van der Waals surface area contributed by atoms with Crippen LogP contribution >= 0.6 is 0 Å². The number of amides is 4. The first kappa shape index (κ1) is 60.4. The summed E-state index contributed by atoms with van der Waals surface area (Å²) in [7, 11) is 1.82. The van der Waals surface area contributed by atoms with Crippen LogP contribution in [0.5, 0.6) is 0 Å². The van der Waals surface area contributed by atoms with Gasteiger partial charge < -0.3 is 40.2 Å². The van der Waals surface area contributed by atoms with Crippen molar-refractivity contribution in [3.05, 3.63) is 113 Å². The number of hydrogen-bond donors (Lipinski definition) is 5. The summed E-state index contributed by atoms with van der Waals surface area (Å²) in [5, 5.41) is 18.7. The first-order valence-electron chi connectivity index (χ1n) is 25.3. The molecule has 6 atom stereocenters. The van der Waals surface area contributed by atoms with Crippen molar-refractivity contribution in [1.82, 2.24) is 41.3 Å². The Hall–Kier alpha value is -7.21. The Balaban J connectivity index is 1.18. The van der Waals surface area contributed by atoms with Gasteiger partial charge in [0.05, 0.1) is 49.6 Å². The number of carbonyl (C=O) groups is 4. The maximum atomic E-state index is 16.0. The highest BCUT2D eigenvalue weighted by molar-refractivity contribution is 5.87. The number of nitrogens with one attached hydrogen (secondary N) is 4. The van der Waals surface area contributed by atoms with E-state index in [0.29, 0.717) is 62.0 Å². The lowest BCUT2D eigenvalue weighted by Crippen LogP contribution is -2.62. The van der Waals surface area contributed by atoms with Crippen LogP contribution < -0.4 is 26.3 Å². The number of carbonyl (C=O) groups excluding carboxylic acids is 4. The lowest BCUT2D eigenvalue weighted by atomic mass is 9.82.